The molecule has 1 aliphatic carbocycles. The summed E-state index contributed by atoms with van der Waals surface area (Å²) in [5.41, 5.74) is 0.811. The lowest BCUT2D eigenvalue weighted by molar-refractivity contribution is -0.136. The van der Waals surface area contributed by atoms with E-state index >= 15 is 4.39 Å². The Kier molecular flexibility index (Phi) is 11.0. The van der Waals surface area contributed by atoms with Crippen LogP contribution in [-0.4, -0.2) is 114 Å². The number of hydrogen-bond donors (Lipinski definition) is 2. The lowest BCUT2D eigenvalue weighted by Crippen LogP contribution is -2.61. The van der Waals surface area contributed by atoms with E-state index in [1.54, 1.807) is 18.2 Å². The number of hydrogen-bond acceptors (Lipinski definition) is 13. The zero-order chi connectivity index (χ0) is 41.7. The number of fused-ring (bicyclic) bond motifs is 1. The molecule has 0 radical (unpaired) electrons. The van der Waals surface area contributed by atoms with E-state index in [0.717, 1.165) is 100 Å². The first-order valence-corrected chi connectivity index (χ1v) is 21.9. The number of carbonyl (C=O) groups excluding carboxylic acids is 5. The number of nitriles is 1. The second-order valence-corrected chi connectivity index (χ2v) is 18.5. The average Bonchev–Trinajstić information content (AvgIpc) is 3.81. The van der Waals surface area contributed by atoms with E-state index in [2.05, 4.69) is 36.7 Å². The van der Waals surface area contributed by atoms with Gasteiger partial charge in [0.2, 0.25) is 22.0 Å². The van der Waals surface area contributed by atoms with E-state index < -0.39 is 35.5 Å². The van der Waals surface area contributed by atoms with Crippen LogP contribution in [0.1, 0.15) is 100 Å². The highest BCUT2D eigenvalue weighted by atomic mass is 35.5. The molecule has 1 spiro atoms. The van der Waals surface area contributed by atoms with Crippen molar-refractivity contribution in [1.29, 1.82) is 5.26 Å². The molecule has 9 rings (SSSR count). The van der Waals surface area contributed by atoms with Crippen LogP contribution < -0.4 is 25.2 Å². The minimum Gasteiger partial charge on any atom is -0.490 e. The van der Waals surface area contributed by atoms with E-state index in [-0.39, 0.29) is 47.4 Å². The third-order valence-corrected chi connectivity index (χ3v) is 14.5. The first-order valence-electron chi connectivity index (χ1n) is 20.7. The molecule has 0 bridgehead atoms. The number of nitrogens with one attached hydrogen (secondary N) is 2. The minimum atomic E-state index is -1.09. The number of halogens is 2. The van der Waals surface area contributed by atoms with Crippen molar-refractivity contribution >= 4 is 63.3 Å². The van der Waals surface area contributed by atoms with Crippen molar-refractivity contribution in [3.8, 4) is 11.8 Å². The molecule has 314 valence electrons. The topological polar surface area (TPSA) is 181 Å². The molecule has 5 aliphatic heterocycles. The van der Waals surface area contributed by atoms with E-state index in [1.165, 1.54) is 17.4 Å². The monoisotopic (exact) mass is 857 g/mol. The van der Waals surface area contributed by atoms with Crippen LogP contribution in [0.3, 0.4) is 0 Å². The fourth-order valence-electron chi connectivity index (χ4n) is 9.71. The van der Waals surface area contributed by atoms with E-state index in [1.807, 2.05) is 4.90 Å². The van der Waals surface area contributed by atoms with Crippen LogP contribution in [0.15, 0.2) is 30.3 Å². The molecule has 2 N–H and O–H groups in total. The minimum absolute atomic E-state index is 0.0167. The maximum Gasteiger partial charge on any atom is 0.282 e. The molecule has 1 saturated carbocycles. The molecule has 18 heteroatoms. The molecule has 2 aromatic carbocycles. The Bertz CT molecular complexity index is 2270. The Morgan fingerprint density at radius 2 is 1.67 bits per heavy atom. The number of amides is 5. The SMILES string of the molecule is N#Cc1ccc(OC2CCC(NC(=O)c3nnc(N4CCC(CN5CCC6(CC5)CN(c5cc7c(cc5F)C(=O)N(C5CCC(=O)NC5=O)C7=O)C6)CC4)s3)CC2)cc1Cl. The molecular formula is C42H45ClFN9O6S. The van der Waals surface area contributed by atoms with Crippen LogP contribution in [0.5, 0.6) is 5.75 Å². The van der Waals surface area contributed by atoms with Gasteiger partial charge in [0, 0.05) is 56.7 Å². The number of carbonyl (C=O) groups is 5. The molecule has 1 atom stereocenters. The van der Waals surface area contributed by atoms with Gasteiger partial charge in [-0.15, -0.1) is 10.2 Å². The summed E-state index contributed by atoms with van der Waals surface area (Å²) in [7, 11) is 0. The summed E-state index contributed by atoms with van der Waals surface area (Å²) in [5.74, 6) is -2.07. The summed E-state index contributed by atoms with van der Waals surface area (Å²) >= 11 is 7.49. The second-order valence-electron chi connectivity index (χ2n) is 17.1. The maximum atomic E-state index is 15.4. The maximum absolute atomic E-state index is 15.4. The molecule has 6 aliphatic rings. The van der Waals surface area contributed by atoms with Crippen molar-refractivity contribution < 1.29 is 33.1 Å². The van der Waals surface area contributed by atoms with Gasteiger partial charge < -0.3 is 24.8 Å². The molecule has 5 amide bonds. The van der Waals surface area contributed by atoms with Crippen molar-refractivity contribution in [2.75, 3.05) is 55.6 Å². The van der Waals surface area contributed by atoms with Crippen molar-refractivity contribution in [1.82, 2.24) is 30.6 Å². The van der Waals surface area contributed by atoms with Crippen LogP contribution in [0.4, 0.5) is 15.2 Å². The lowest BCUT2D eigenvalue weighted by Gasteiger charge is -2.55. The van der Waals surface area contributed by atoms with Gasteiger partial charge in [-0.1, -0.05) is 22.9 Å². The largest absolute Gasteiger partial charge is 0.490 e. The number of nitrogens with zero attached hydrogens (tertiary/aromatic N) is 7. The smallest absolute Gasteiger partial charge is 0.282 e. The number of anilines is 2. The Morgan fingerprint density at radius 1 is 0.950 bits per heavy atom. The summed E-state index contributed by atoms with van der Waals surface area (Å²) in [6, 6.07) is 8.64. The van der Waals surface area contributed by atoms with Gasteiger partial charge in [0.25, 0.3) is 17.7 Å². The number of imide groups is 2. The first kappa shape index (κ1) is 40.2. The Morgan fingerprint density at radius 3 is 2.35 bits per heavy atom. The lowest BCUT2D eigenvalue weighted by atomic mass is 9.71. The third kappa shape index (κ3) is 7.92. The van der Waals surface area contributed by atoms with Crippen LogP contribution in [0, 0.1) is 28.5 Å². The fraction of sp³-hybridized carbons (Fsp3) is 0.524. The summed E-state index contributed by atoms with van der Waals surface area (Å²) < 4.78 is 21.5. The normalized spacial score (nSPS) is 24.6. The first-order chi connectivity index (χ1) is 29.0. The standard InChI is InChI=1S/C42H45ClFN9O6S/c43-31-17-28(4-1-25(31)20-45)59-27-5-2-26(3-6-27)46-37(56)38-48-49-41(60-38)51-13-9-24(10-14-51)21-50-15-11-42(12-16-50)22-52(23-42)34-19-30-29(18-32(34)44)39(57)53(40(30)58)33-7-8-35(54)47-36(33)55/h1,4,17-19,24,26-27,33H,2-3,5-16,21-23H2,(H,46,56)(H,47,54,55). The summed E-state index contributed by atoms with van der Waals surface area (Å²) in [5, 5.41) is 24.5. The Hall–Kier alpha value is -5.18. The molecule has 5 fully saturated rings. The van der Waals surface area contributed by atoms with Crippen molar-refractivity contribution in [2.45, 2.75) is 82.4 Å². The molecule has 1 aromatic heterocycles. The quantitative estimate of drug-likeness (QED) is 0.288. The number of benzene rings is 2. The van der Waals surface area contributed by atoms with E-state index in [0.29, 0.717) is 46.0 Å². The van der Waals surface area contributed by atoms with Gasteiger partial charge in [-0.2, -0.15) is 5.26 Å². The summed E-state index contributed by atoms with van der Waals surface area (Å²) in [4.78, 5) is 71.2. The Balaban J connectivity index is 0.696. The summed E-state index contributed by atoms with van der Waals surface area (Å²) in [6.07, 6.45) is 7.27. The molecule has 1 unspecified atom stereocenters. The number of likely N-dealkylation sites (tertiary alicyclic amines) is 1. The van der Waals surface area contributed by atoms with E-state index in [4.69, 9.17) is 21.6 Å². The zero-order valence-electron chi connectivity index (χ0n) is 33.0. The highest BCUT2D eigenvalue weighted by Crippen LogP contribution is 2.45. The summed E-state index contributed by atoms with van der Waals surface area (Å²) in [6.45, 7) is 5.99. The number of aromatic nitrogens is 2. The van der Waals surface area contributed by atoms with Gasteiger partial charge in [-0.3, -0.25) is 34.2 Å². The van der Waals surface area contributed by atoms with Gasteiger partial charge in [-0.05, 0) is 101 Å². The molecule has 3 aromatic rings. The van der Waals surface area contributed by atoms with Gasteiger partial charge in [0.15, 0.2) is 0 Å². The zero-order valence-corrected chi connectivity index (χ0v) is 34.5. The predicted octanol–water partition coefficient (Wildman–Crippen LogP) is 4.54. The van der Waals surface area contributed by atoms with Crippen molar-refractivity contribution in [3.63, 3.8) is 0 Å². The van der Waals surface area contributed by atoms with E-state index in [9.17, 15) is 24.0 Å². The van der Waals surface area contributed by atoms with Crippen molar-refractivity contribution in [3.05, 3.63) is 62.9 Å². The highest BCUT2D eigenvalue weighted by Gasteiger charge is 2.48. The number of rotatable bonds is 9. The van der Waals surface area contributed by atoms with Gasteiger partial charge >= 0.3 is 0 Å². The van der Waals surface area contributed by atoms with Gasteiger partial charge in [0.05, 0.1) is 33.5 Å². The molecule has 60 heavy (non-hydrogen) atoms. The van der Waals surface area contributed by atoms with Crippen LogP contribution in [-0.2, 0) is 9.59 Å². The Labute approximate surface area is 355 Å². The van der Waals surface area contributed by atoms with Gasteiger partial charge in [-0.25, -0.2) is 4.39 Å². The number of piperidine rings is 3. The van der Waals surface area contributed by atoms with Gasteiger partial charge in [0.1, 0.15) is 23.7 Å². The molecule has 6 heterocycles. The highest BCUT2D eigenvalue weighted by molar-refractivity contribution is 7.17. The molecule has 15 nitrogen and oxygen atoms in total. The third-order valence-electron chi connectivity index (χ3n) is 13.2. The number of ether oxygens (including phenoxy) is 1. The molecule has 4 saturated heterocycles. The second kappa shape index (κ2) is 16.4. The molecular weight excluding hydrogens is 813 g/mol. The van der Waals surface area contributed by atoms with Crippen molar-refractivity contribution in [2.24, 2.45) is 11.3 Å². The van der Waals surface area contributed by atoms with Crippen LogP contribution >= 0.6 is 22.9 Å². The average molecular weight is 858 g/mol. The van der Waals surface area contributed by atoms with Crippen LogP contribution in [0.25, 0.3) is 0 Å². The van der Waals surface area contributed by atoms with Crippen LogP contribution in [0.2, 0.25) is 5.02 Å². The predicted molar refractivity (Wildman–Crippen MR) is 219 cm³/mol. The fourth-order valence-corrected chi connectivity index (χ4v) is 10.7.